The maximum absolute atomic E-state index is 13.4. The number of phenolic OH excluding ortho intramolecular Hbond substituents is 1. The summed E-state index contributed by atoms with van der Waals surface area (Å²) < 4.78 is 5.33. The van der Waals surface area contributed by atoms with Crippen LogP contribution in [0.5, 0.6) is 5.75 Å². The molecule has 3 aromatic carbocycles. The molecule has 4 rings (SSSR count). The number of phenols is 1. The number of carbonyl (C=O) groups is 2. The Morgan fingerprint density at radius 3 is 2.28 bits per heavy atom. The molecular weight excluding hydrogens is 454 g/mol. The van der Waals surface area contributed by atoms with E-state index in [1.807, 2.05) is 57.2 Å². The summed E-state index contributed by atoms with van der Waals surface area (Å²) in [6, 6.07) is 21.6. The Bertz CT molecular complexity index is 1300. The minimum Gasteiger partial charge on any atom is -0.508 e. The number of ether oxygens (including phenoxy) is 1. The van der Waals surface area contributed by atoms with Crippen LogP contribution in [0.3, 0.4) is 0 Å². The molecule has 0 saturated carbocycles. The quantitative estimate of drug-likeness (QED) is 0.522. The molecule has 0 spiro atoms. The molecule has 184 valence electrons. The molecule has 1 fully saturated rings. The fraction of sp³-hybridized carbons (Fsp3) is 0.276. The van der Waals surface area contributed by atoms with Crippen LogP contribution in [0.4, 0.5) is 4.79 Å². The molecule has 7 nitrogen and oxygen atoms in total. The maximum Gasteiger partial charge on any atom is 0.407 e. The van der Waals surface area contributed by atoms with Crippen LogP contribution in [0.15, 0.2) is 66.7 Å². The van der Waals surface area contributed by atoms with E-state index in [0.717, 1.165) is 22.3 Å². The zero-order valence-electron chi connectivity index (χ0n) is 20.6. The van der Waals surface area contributed by atoms with E-state index in [9.17, 15) is 14.7 Å². The molecule has 0 unspecified atom stereocenters. The van der Waals surface area contributed by atoms with E-state index in [1.54, 1.807) is 35.2 Å². The van der Waals surface area contributed by atoms with Crippen molar-refractivity contribution in [3.8, 4) is 34.1 Å². The lowest BCUT2D eigenvalue weighted by Gasteiger charge is -2.22. The molecular formula is C29H29N3O4. The van der Waals surface area contributed by atoms with Crippen LogP contribution in [0.2, 0.25) is 0 Å². The first-order chi connectivity index (χ1) is 17.1. The van der Waals surface area contributed by atoms with Crippen LogP contribution in [0, 0.1) is 11.3 Å². The second-order valence-electron chi connectivity index (χ2n) is 9.88. The van der Waals surface area contributed by atoms with Gasteiger partial charge in [0, 0.05) is 18.7 Å². The smallest absolute Gasteiger partial charge is 0.407 e. The van der Waals surface area contributed by atoms with Gasteiger partial charge in [0.1, 0.15) is 11.4 Å². The van der Waals surface area contributed by atoms with Gasteiger partial charge in [-0.1, -0.05) is 30.3 Å². The van der Waals surface area contributed by atoms with Crippen molar-refractivity contribution in [2.75, 3.05) is 13.1 Å². The zero-order chi connectivity index (χ0) is 25.9. The van der Waals surface area contributed by atoms with Crippen molar-refractivity contribution < 1.29 is 19.4 Å². The molecule has 0 radical (unpaired) electrons. The van der Waals surface area contributed by atoms with Gasteiger partial charge in [-0.05, 0) is 85.8 Å². The minimum absolute atomic E-state index is 0.115. The van der Waals surface area contributed by atoms with Crippen LogP contribution < -0.4 is 5.32 Å². The number of amides is 2. The molecule has 7 heteroatoms. The highest BCUT2D eigenvalue weighted by Crippen LogP contribution is 2.34. The van der Waals surface area contributed by atoms with Gasteiger partial charge >= 0.3 is 6.09 Å². The highest BCUT2D eigenvalue weighted by molar-refractivity contribution is 5.98. The maximum atomic E-state index is 13.4. The number of hydrogen-bond donors (Lipinski definition) is 2. The van der Waals surface area contributed by atoms with Gasteiger partial charge in [0.15, 0.2) is 0 Å². The lowest BCUT2D eigenvalue weighted by atomic mass is 9.92. The van der Waals surface area contributed by atoms with Crippen molar-refractivity contribution in [3.05, 3.63) is 77.9 Å². The summed E-state index contributed by atoms with van der Waals surface area (Å²) in [5, 5.41) is 21.7. The summed E-state index contributed by atoms with van der Waals surface area (Å²) in [5.41, 5.74) is 4.03. The molecule has 1 atom stereocenters. The van der Waals surface area contributed by atoms with E-state index in [0.29, 0.717) is 30.6 Å². The standard InChI is InChI=1S/C29H29N3O4/c1-29(2,3)36-28(35)31-23-14-15-32(18-23)27(34)22-10-13-25(20-8-11-24(33)12-9-20)26(16-22)21-6-4-19(17-30)5-7-21/h4-13,16,23,33H,14-15,18H2,1-3H3,(H,31,35)/t23-/m0/s1. The second-order valence-corrected chi connectivity index (χ2v) is 9.88. The number of rotatable bonds is 4. The van der Waals surface area contributed by atoms with Crippen molar-refractivity contribution in [1.82, 2.24) is 10.2 Å². The highest BCUT2D eigenvalue weighted by atomic mass is 16.6. The number of carbonyl (C=O) groups excluding carboxylic acids is 2. The Morgan fingerprint density at radius 1 is 1.00 bits per heavy atom. The number of alkyl carbamates (subject to hydrolysis) is 1. The fourth-order valence-corrected chi connectivity index (χ4v) is 4.25. The summed E-state index contributed by atoms with van der Waals surface area (Å²) in [6.07, 6.45) is 0.169. The van der Waals surface area contributed by atoms with Gasteiger partial charge in [0.2, 0.25) is 0 Å². The molecule has 2 amide bonds. The fourth-order valence-electron chi connectivity index (χ4n) is 4.25. The highest BCUT2D eigenvalue weighted by Gasteiger charge is 2.29. The Morgan fingerprint density at radius 2 is 1.64 bits per heavy atom. The van der Waals surface area contributed by atoms with Gasteiger partial charge < -0.3 is 20.1 Å². The first-order valence-corrected chi connectivity index (χ1v) is 11.9. The Kier molecular flexibility index (Phi) is 6.98. The van der Waals surface area contributed by atoms with E-state index in [2.05, 4.69) is 11.4 Å². The third-order valence-electron chi connectivity index (χ3n) is 5.97. The summed E-state index contributed by atoms with van der Waals surface area (Å²) >= 11 is 0. The van der Waals surface area contributed by atoms with E-state index in [1.165, 1.54) is 0 Å². The molecule has 1 saturated heterocycles. The van der Waals surface area contributed by atoms with Gasteiger partial charge in [-0.15, -0.1) is 0 Å². The van der Waals surface area contributed by atoms with Crippen molar-refractivity contribution >= 4 is 12.0 Å². The summed E-state index contributed by atoms with van der Waals surface area (Å²) in [7, 11) is 0. The van der Waals surface area contributed by atoms with E-state index < -0.39 is 11.7 Å². The van der Waals surface area contributed by atoms with Gasteiger partial charge in [0.05, 0.1) is 17.7 Å². The lowest BCUT2D eigenvalue weighted by Crippen LogP contribution is -2.41. The topological polar surface area (TPSA) is 103 Å². The van der Waals surface area contributed by atoms with Crippen molar-refractivity contribution in [1.29, 1.82) is 5.26 Å². The van der Waals surface area contributed by atoms with Crippen LogP contribution in [-0.2, 0) is 4.74 Å². The largest absolute Gasteiger partial charge is 0.508 e. The van der Waals surface area contributed by atoms with E-state index >= 15 is 0 Å². The van der Waals surface area contributed by atoms with Gasteiger partial charge in [-0.3, -0.25) is 4.79 Å². The van der Waals surface area contributed by atoms with Gasteiger partial charge in [0.25, 0.3) is 5.91 Å². The molecule has 0 bridgehead atoms. The third-order valence-corrected chi connectivity index (χ3v) is 5.97. The molecule has 36 heavy (non-hydrogen) atoms. The number of aromatic hydroxyl groups is 1. The van der Waals surface area contributed by atoms with Crippen LogP contribution >= 0.6 is 0 Å². The predicted molar refractivity (Wildman–Crippen MR) is 137 cm³/mol. The average Bonchev–Trinajstić information content (AvgIpc) is 3.31. The van der Waals surface area contributed by atoms with Crippen LogP contribution in [-0.4, -0.2) is 46.7 Å². The summed E-state index contributed by atoms with van der Waals surface area (Å²) in [6.45, 7) is 6.37. The lowest BCUT2D eigenvalue weighted by molar-refractivity contribution is 0.0502. The first kappa shape index (κ1) is 24.8. The summed E-state index contributed by atoms with van der Waals surface area (Å²) in [4.78, 5) is 27.3. The zero-order valence-corrected chi connectivity index (χ0v) is 20.6. The SMILES string of the molecule is CC(C)(C)OC(=O)N[C@H]1CCN(C(=O)c2ccc(-c3ccc(O)cc3)c(-c3ccc(C#N)cc3)c2)C1. The van der Waals surface area contributed by atoms with E-state index in [4.69, 9.17) is 10.00 Å². The molecule has 2 N–H and O–H groups in total. The number of nitriles is 1. The molecule has 1 heterocycles. The number of nitrogens with zero attached hydrogens (tertiary/aromatic N) is 2. The molecule has 1 aliphatic heterocycles. The number of likely N-dealkylation sites (tertiary alicyclic amines) is 1. The van der Waals surface area contributed by atoms with Crippen LogP contribution in [0.25, 0.3) is 22.3 Å². The first-order valence-electron chi connectivity index (χ1n) is 11.9. The van der Waals surface area contributed by atoms with Crippen LogP contribution in [0.1, 0.15) is 43.1 Å². The second kappa shape index (κ2) is 10.1. The third kappa shape index (κ3) is 5.84. The molecule has 0 aliphatic carbocycles. The van der Waals surface area contributed by atoms with Gasteiger partial charge in [-0.25, -0.2) is 4.79 Å². The van der Waals surface area contributed by atoms with Gasteiger partial charge in [-0.2, -0.15) is 5.26 Å². The van der Waals surface area contributed by atoms with Crippen molar-refractivity contribution in [2.45, 2.75) is 38.8 Å². The molecule has 0 aromatic heterocycles. The van der Waals surface area contributed by atoms with E-state index in [-0.39, 0.29) is 17.7 Å². The average molecular weight is 484 g/mol. The normalized spacial score (nSPS) is 15.3. The number of benzene rings is 3. The van der Waals surface area contributed by atoms with Crippen molar-refractivity contribution in [3.63, 3.8) is 0 Å². The number of nitrogens with one attached hydrogen (secondary N) is 1. The molecule has 1 aliphatic rings. The Labute approximate surface area is 210 Å². The number of hydrogen-bond acceptors (Lipinski definition) is 5. The molecule has 3 aromatic rings. The Balaban J connectivity index is 1.59. The minimum atomic E-state index is -0.584. The monoisotopic (exact) mass is 483 g/mol. The Hall–Kier alpha value is -4.31. The predicted octanol–water partition coefficient (Wildman–Crippen LogP) is 5.34. The van der Waals surface area contributed by atoms with Crippen molar-refractivity contribution in [2.24, 2.45) is 0 Å². The summed E-state index contributed by atoms with van der Waals surface area (Å²) in [5.74, 6) is 0.0599.